The first-order chi connectivity index (χ1) is 12.3. The Morgan fingerprint density at radius 3 is 2.08 bits per heavy atom. The van der Waals surface area contributed by atoms with Crippen LogP contribution in [0.2, 0.25) is 0 Å². The van der Waals surface area contributed by atoms with Crippen LogP contribution in [0.4, 0.5) is 0 Å². The first kappa shape index (κ1) is 24.0. The van der Waals surface area contributed by atoms with Gasteiger partial charge in [0.05, 0.1) is 19.8 Å². The van der Waals surface area contributed by atoms with Crippen molar-refractivity contribution in [1.29, 1.82) is 0 Å². The Kier molecular flexibility index (Phi) is 13.1. The van der Waals surface area contributed by atoms with Gasteiger partial charge in [0.15, 0.2) is 5.78 Å². The quantitative estimate of drug-likeness (QED) is 0.277. The molecule has 6 heteroatoms. The van der Waals surface area contributed by atoms with E-state index in [2.05, 4.69) is 6.58 Å². The fourth-order valence-corrected chi connectivity index (χ4v) is 2.24. The topological polar surface area (TPSA) is 115 Å². The predicted molar refractivity (Wildman–Crippen MR) is 101 cm³/mol. The number of hydrogen-bond acceptors (Lipinski definition) is 5. The SMILES string of the molecule is C=C(CCC=C(CO)CCC=C(C)CO)C(=O)CCC(=CCO)C(=O)O. The maximum Gasteiger partial charge on any atom is 0.331 e. The highest BCUT2D eigenvalue weighted by Gasteiger charge is 2.12. The van der Waals surface area contributed by atoms with Crippen molar-refractivity contribution in [3.8, 4) is 0 Å². The highest BCUT2D eigenvalue weighted by atomic mass is 16.4. The predicted octanol–water partition coefficient (Wildman–Crippen LogP) is 2.31. The average Bonchev–Trinajstić information content (AvgIpc) is 2.62. The lowest BCUT2D eigenvalue weighted by molar-refractivity contribution is -0.132. The molecule has 0 spiro atoms. The van der Waals surface area contributed by atoms with Crippen LogP contribution in [-0.4, -0.2) is 52.0 Å². The molecule has 0 aliphatic carbocycles. The van der Waals surface area contributed by atoms with E-state index in [-0.39, 0.29) is 44.0 Å². The number of carboxylic acids is 1. The molecule has 0 fully saturated rings. The van der Waals surface area contributed by atoms with Gasteiger partial charge in [-0.1, -0.05) is 24.3 Å². The highest BCUT2D eigenvalue weighted by molar-refractivity contribution is 5.96. The van der Waals surface area contributed by atoms with E-state index in [0.717, 1.165) is 17.6 Å². The van der Waals surface area contributed by atoms with E-state index in [4.69, 9.17) is 15.3 Å². The molecule has 0 saturated carbocycles. The third-order valence-corrected chi connectivity index (χ3v) is 3.92. The van der Waals surface area contributed by atoms with Crippen LogP contribution in [-0.2, 0) is 9.59 Å². The number of carboxylic acid groups (broad SMARTS) is 1. The van der Waals surface area contributed by atoms with Crippen molar-refractivity contribution in [3.63, 3.8) is 0 Å². The number of carbonyl (C=O) groups is 2. The molecule has 0 aromatic heterocycles. The summed E-state index contributed by atoms with van der Waals surface area (Å²) < 4.78 is 0. The number of aliphatic hydroxyl groups is 3. The normalized spacial score (nSPS) is 13.0. The van der Waals surface area contributed by atoms with Gasteiger partial charge in [-0.25, -0.2) is 4.79 Å². The monoisotopic (exact) mass is 366 g/mol. The number of Topliss-reactive ketones (excluding diaryl/α,β-unsaturated/α-hetero) is 1. The van der Waals surface area contributed by atoms with Gasteiger partial charge < -0.3 is 20.4 Å². The summed E-state index contributed by atoms with van der Waals surface area (Å²) in [6, 6.07) is 0. The van der Waals surface area contributed by atoms with Crippen molar-refractivity contribution in [3.05, 3.63) is 47.1 Å². The lowest BCUT2D eigenvalue weighted by atomic mass is 9.99. The molecule has 0 amide bonds. The van der Waals surface area contributed by atoms with Gasteiger partial charge in [-0.05, 0) is 56.3 Å². The molecular formula is C20H30O6. The minimum absolute atomic E-state index is 0.0161. The Morgan fingerprint density at radius 1 is 0.885 bits per heavy atom. The minimum atomic E-state index is -1.14. The molecule has 0 bridgehead atoms. The van der Waals surface area contributed by atoms with Gasteiger partial charge in [0, 0.05) is 12.0 Å². The maximum absolute atomic E-state index is 12.0. The second-order valence-corrected chi connectivity index (χ2v) is 6.05. The lowest BCUT2D eigenvalue weighted by Crippen LogP contribution is -2.07. The molecule has 0 aliphatic heterocycles. The van der Waals surface area contributed by atoms with Gasteiger partial charge in [-0.2, -0.15) is 0 Å². The zero-order valence-corrected chi connectivity index (χ0v) is 15.4. The number of allylic oxidation sites excluding steroid dienone is 3. The first-order valence-corrected chi connectivity index (χ1v) is 8.65. The Bertz CT molecular complexity index is 569. The largest absolute Gasteiger partial charge is 0.478 e. The molecular weight excluding hydrogens is 336 g/mol. The second-order valence-electron chi connectivity index (χ2n) is 6.05. The molecule has 0 aliphatic rings. The third kappa shape index (κ3) is 10.8. The van der Waals surface area contributed by atoms with Crippen LogP contribution < -0.4 is 0 Å². The number of hydrogen-bond donors (Lipinski definition) is 4. The highest BCUT2D eigenvalue weighted by Crippen LogP contribution is 2.15. The van der Waals surface area contributed by atoms with Crippen LogP contribution in [0.15, 0.2) is 47.1 Å². The zero-order valence-electron chi connectivity index (χ0n) is 15.4. The number of ketones is 1. The van der Waals surface area contributed by atoms with Gasteiger partial charge in [0.2, 0.25) is 0 Å². The van der Waals surface area contributed by atoms with E-state index in [9.17, 15) is 14.7 Å². The van der Waals surface area contributed by atoms with Crippen LogP contribution in [0.5, 0.6) is 0 Å². The molecule has 146 valence electrons. The summed E-state index contributed by atoms with van der Waals surface area (Å²) in [7, 11) is 0. The summed E-state index contributed by atoms with van der Waals surface area (Å²) in [6.07, 6.45) is 7.51. The van der Waals surface area contributed by atoms with Gasteiger partial charge in [-0.15, -0.1) is 0 Å². The van der Waals surface area contributed by atoms with E-state index in [1.807, 2.05) is 19.1 Å². The standard InChI is InChI=1S/C20H30O6/c1-15(13-22)5-3-7-17(14-23)8-4-6-16(2)19(24)10-9-18(11-12-21)20(25)26/h5,8,11,21-23H,2-4,6-7,9-10,12-14H2,1H3,(H,25,26). The summed E-state index contributed by atoms with van der Waals surface area (Å²) >= 11 is 0. The molecule has 0 radical (unpaired) electrons. The molecule has 0 atom stereocenters. The Hall–Kier alpha value is -2.02. The zero-order chi connectivity index (χ0) is 19.9. The fraction of sp³-hybridized carbons (Fsp3) is 0.500. The van der Waals surface area contributed by atoms with Crippen LogP contribution in [0.3, 0.4) is 0 Å². The average molecular weight is 366 g/mol. The summed E-state index contributed by atoms with van der Waals surface area (Å²) in [5.41, 5.74) is 2.19. The molecule has 4 N–H and O–H groups in total. The van der Waals surface area contributed by atoms with Crippen molar-refractivity contribution >= 4 is 11.8 Å². The van der Waals surface area contributed by atoms with E-state index < -0.39 is 5.97 Å². The Balaban J connectivity index is 4.38. The van der Waals surface area contributed by atoms with Crippen molar-refractivity contribution in [2.75, 3.05) is 19.8 Å². The van der Waals surface area contributed by atoms with Gasteiger partial charge in [0.25, 0.3) is 0 Å². The molecule has 0 unspecified atom stereocenters. The van der Waals surface area contributed by atoms with E-state index >= 15 is 0 Å². The van der Waals surface area contributed by atoms with Crippen LogP contribution in [0, 0.1) is 0 Å². The molecule has 0 heterocycles. The number of carbonyl (C=O) groups excluding carboxylic acids is 1. The van der Waals surface area contributed by atoms with Crippen molar-refractivity contribution in [2.45, 2.75) is 45.4 Å². The number of aliphatic hydroxyl groups excluding tert-OH is 3. The molecule has 0 aromatic carbocycles. The molecule has 6 nitrogen and oxygen atoms in total. The fourth-order valence-electron chi connectivity index (χ4n) is 2.24. The van der Waals surface area contributed by atoms with Crippen molar-refractivity contribution in [1.82, 2.24) is 0 Å². The summed E-state index contributed by atoms with van der Waals surface area (Å²) in [5.74, 6) is -1.34. The number of aliphatic carboxylic acids is 1. The van der Waals surface area contributed by atoms with E-state index in [1.54, 1.807) is 0 Å². The van der Waals surface area contributed by atoms with Gasteiger partial charge >= 0.3 is 5.97 Å². The Labute approximate surface area is 154 Å². The first-order valence-electron chi connectivity index (χ1n) is 8.65. The summed E-state index contributed by atoms with van der Waals surface area (Å²) in [4.78, 5) is 23.0. The summed E-state index contributed by atoms with van der Waals surface area (Å²) in [6.45, 7) is 5.18. The third-order valence-electron chi connectivity index (χ3n) is 3.92. The van der Waals surface area contributed by atoms with E-state index in [0.29, 0.717) is 24.8 Å². The molecule has 0 saturated heterocycles. The van der Waals surface area contributed by atoms with Crippen LogP contribution >= 0.6 is 0 Å². The van der Waals surface area contributed by atoms with Crippen LogP contribution in [0.1, 0.15) is 45.4 Å². The van der Waals surface area contributed by atoms with Gasteiger partial charge in [-0.3, -0.25) is 4.79 Å². The maximum atomic E-state index is 12.0. The lowest BCUT2D eigenvalue weighted by Gasteiger charge is -2.06. The summed E-state index contributed by atoms with van der Waals surface area (Å²) in [5, 5.41) is 36.0. The molecule has 0 rings (SSSR count). The Morgan fingerprint density at radius 2 is 1.54 bits per heavy atom. The minimum Gasteiger partial charge on any atom is -0.478 e. The number of rotatable bonds is 14. The second kappa shape index (κ2) is 14.2. The molecule has 0 aromatic rings. The smallest absolute Gasteiger partial charge is 0.331 e. The van der Waals surface area contributed by atoms with Crippen LogP contribution in [0.25, 0.3) is 0 Å². The molecule has 26 heavy (non-hydrogen) atoms. The van der Waals surface area contributed by atoms with Gasteiger partial charge in [0.1, 0.15) is 0 Å². The van der Waals surface area contributed by atoms with Crippen molar-refractivity contribution in [2.24, 2.45) is 0 Å². The van der Waals surface area contributed by atoms with E-state index in [1.165, 1.54) is 6.08 Å². The van der Waals surface area contributed by atoms with Crippen molar-refractivity contribution < 1.29 is 30.0 Å².